The standard InChI is InChI=1S/C15H25N3O/c1-4-9-18(10-5-2)14-8-7-12(11-13(14)16)15(19)17-6-3/h7-8,11H,4-6,9-10,16H2,1-3H3,(H,17,19). The Morgan fingerprint density at radius 1 is 1.21 bits per heavy atom. The minimum Gasteiger partial charge on any atom is -0.397 e. The number of nitrogens with one attached hydrogen (secondary N) is 1. The molecule has 0 bridgehead atoms. The van der Waals surface area contributed by atoms with Gasteiger partial charge in [0.25, 0.3) is 5.91 Å². The first-order valence-corrected chi connectivity index (χ1v) is 7.06. The molecule has 19 heavy (non-hydrogen) atoms. The Balaban J connectivity index is 2.94. The summed E-state index contributed by atoms with van der Waals surface area (Å²) in [6.45, 7) is 8.80. The Morgan fingerprint density at radius 2 is 1.84 bits per heavy atom. The van der Waals surface area contributed by atoms with Crippen LogP contribution in [0.4, 0.5) is 11.4 Å². The molecule has 0 unspecified atom stereocenters. The van der Waals surface area contributed by atoms with Gasteiger partial charge in [0.15, 0.2) is 0 Å². The normalized spacial score (nSPS) is 10.3. The number of rotatable bonds is 7. The minimum absolute atomic E-state index is 0.0710. The summed E-state index contributed by atoms with van der Waals surface area (Å²) in [4.78, 5) is 14.0. The molecule has 0 saturated carbocycles. The smallest absolute Gasteiger partial charge is 0.251 e. The highest BCUT2D eigenvalue weighted by molar-refractivity contribution is 5.96. The minimum atomic E-state index is -0.0710. The van der Waals surface area contributed by atoms with Crippen LogP contribution < -0.4 is 16.0 Å². The predicted octanol–water partition coefficient (Wildman–Crippen LogP) is 2.64. The van der Waals surface area contributed by atoms with Crippen molar-refractivity contribution in [1.29, 1.82) is 0 Å². The molecule has 106 valence electrons. The molecule has 0 fully saturated rings. The number of anilines is 2. The molecule has 0 aliphatic carbocycles. The lowest BCUT2D eigenvalue weighted by molar-refractivity contribution is 0.0956. The van der Waals surface area contributed by atoms with Gasteiger partial charge in [-0.1, -0.05) is 13.8 Å². The van der Waals surface area contributed by atoms with Crippen LogP contribution in [0.1, 0.15) is 44.0 Å². The van der Waals surface area contributed by atoms with E-state index in [-0.39, 0.29) is 5.91 Å². The molecule has 0 aromatic heterocycles. The second-order valence-electron chi connectivity index (χ2n) is 4.62. The van der Waals surface area contributed by atoms with Gasteiger partial charge < -0.3 is 16.0 Å². The maximum absolute atomic E-state index is 11.7. The first kappa shape index (κ1) is 15.3. The predicted molar refractivity (Wildman–Crippen MR) is 81.7 cm³/mol. The van der Waals surface area contributed by atoms with Gasteiger partial charge in [-0.15, -0.1) is 0 Å². The lowest BCUT2D eigenvalue weighted by atomic mass is 10.1. The van der Waals surface area contributed by atoms with Gasteiger partial charge in [-0.25, -0.2) is 0 Å². The van der Waals surface area contributed by atoms with Gasteiger partial charge in [-0.3, -0.25) is 4.79 Å². The molecule has 4 heteroatoms. The molecule has 0 aliphatic heterocycles. The van der Waals surface area contributed by atoms with E-state index in [0.29, 0.717) is 17.8 Å². The fourth-order valence-electron chi connectivity index (χ4n) is 2.14. The van der Waals surface area contributed by atoms with Gasteiger partial charge in [0.05, 0.1) is 11.4 Å². The van der Waals surface area contributed by atoms with Crippen LogP contribution >= 0.6 is 0 Å². The van der Waals surface area contributed by atoms with E-state index < -0.39 is 0 Å². The first-order valence-electron chi connectivity index (χ1n) is 7.06. The lowest BCUT2D eigenvalue weighted by Crippen LogP contribution is -2.26. The summed E-state index contributed by atoms with van der Waals surface area (Å²) in [6.07, 6.45) is 2.16. The molecule has 0 saturated heterocycles. The second-order valence-corrected chi connectivity index (χ2v) is 4.62. The molecule has 0 heterocycles. The van der Waals surface area contributed by atoms with E-state index in [0.717, 1.165) is 31.6 Å². The molecule has 0 radical (unpaired) electrons. The topological polar surface area (TPSA) is 58.4 Å². The summed E-state index contributed by atoms with van der Waals surface area (Å²) in [6, 6.07) is 5.55. The van der Waals surface area contributed by atoms with Crippen LogP contribution in [0.3, 0.4) is 0 Å². The summed E-state index contributed by atoms with van der Waals surface area (Å²) in [7, 11) is 0. The molecule has 1 rings (SSSR count). The van der Waals surface area contributed by atoms with E-state index in [1.807, 2.05) is 19.1 Å². The highest BCUT2D eigenvalue weighted by Crippen LogP contribution is 2.25. The van der Waals surface area contributed by atoms with Crippen LogP contribution in [-0.2, 0) is 0 Å². The summed E-state index contributed by atoms with van der Waals surface area (Å²) >= 11 is 0. The van der Waals surface area contributed by atoms with Crippen LogP contribution in [0.2, 0.25) is 0 Å². The van der Waals surface area contributed by atoms with Crippen LogP contribution in [-0.4, -0.2) is 25.5 Å². The number of benzene rings is 1. The van der Waals surface area contributed by atoms with Crippen molar-refractivity contribution < 1.29 is 4.79 Å². The molecule has 0 aliphatic rings. The van der Waals surface area contributed by atoms with E-state index in [1.165, 1.54) is 0 Å². The third-order valence-electron chi connectivity index (χ3n) is 2.95. The molecule has 0 atom stereocenters. The van der Waals surface area contributed by atoms with Crippen LogP contribution in [0.15, 0.2) is 18.2 Å². The van der Waals surface area contributed by atoms with E-state index in [2.05, 4.69) is 24.1 Å². The van der Waals surface area contributed by atoms with Gasteiger partial charge in [0.1, 0.15) is 0 Å². The molecule has 1 amide bonds. The second kappa shape index (κ2) is 7.67. The highest BCUT2D eigenvalue weighted by atomic mass is 16.1. The zero-order valence-electron chi connectivity index (χ0n) is 12.2. The molecular weight excluding hydrogens is 238 g/mol. The number of nitrogen functional groups attached to an aromatic ring is 1. The van der Waals surface area contributed by atoms with Crippen molar-refractivity contribution in [3.8, 4) is 0 Å². The number of nitrogens with two attached hydrogens (primary N) is 1. The van der Waals surface area contributed by atoms with Crippen molar-refractivity contribution in [2.75, 3.05) is 30.3 Å². The quantitative estimate of drug-likeness (QED) is 0.744. The molecule has 1 aromatic rings. The van der Waals surface area contributed by atoms with Crippen molar-refractivity contribution in [2.45, 2.75) is 33.6 Å². The van der Waals surface area contributed by atoms with Crippen molar-refractivity contribution in [2.24, 2.45) is 0 Å². The molecule has 4 nitrogen and oxygen atoms in total. The van der Waals surface area contributed by atoms with E-state index in [4.69, 9.17) is 5.73 Å². The van der Waals surface area contributed by atoms with E-state index in [9.17, 15) is 4.79 Å². The Labute approximate surface area is 116 Å². The third-order valence-corrected chi connectivity index (χ3v) is 2.95. The Kier molecular flexibility index (Phi) is 6.19. The average Bonchev–Trinajstić information content (AvgIpc) is 2.39. The van der Waals surface area contributed by atoms with Crippen molar-refractivity contribution in [1.82, 2.24) is 5.32 Å². The lowest BCUT2D eigenvalue weighted by Gasteiger charge is -2.25. The molecular formula is C15H25N3O. The number of amides is 1. The van der Waals surface area contributed by atoms with Crippen LogP contribution in [0.5, 0.6) is 0 Å². The SMILES string of the molecule is CCCN(CCC)c1ccc(C(=O)NCC)cc1N. The number of hydrogen-bond acceptors (Lipinski definition) is 3. The molecule has 0 spiro atoms. The first-order chi connectivity index (χ1) is 9.13. The summed E-state index contributed by atoms with van der Waals surface area (Å²) in [5, 5.41) is 2.78. The monoisotopic (exact) mass is 263 g/mol. The molecule has 3 N–H and O–H groups in total. The van der Waals surface area contributed by atoms with E-state index in [1.54, 1.807) is 6.07 Å². The van der Waals surface area contributed by atoms with Gasteiger partial charge in [-0.05, 0) is 38.0 Å². The van der Waals surface area contributed by atoms with Gasteiger partial charge in [0.2, 0.25) is 0 Å². The Hall–Kier alpha value is -1.71. The fraction of sp³-hybridized carbons (Fsp3) is 0.533. The van der Waals surface area contributed by atoms with Crippen molar-refractivity contribution in [3.63, 3.8) is 0 Å². The number of nitrogens with zero attached hydrogens (tertiary/aromatic N) is 1. The van der Waals surface area contributed by atoms with Gasteiger partial charge >= 0.3 is 0 Å². The Bertz CT molecular complexity index is 412. The summed E-state index contributed by atoms with van der Waals surface area (Å²) in [5.74, 6) is -0.0710. The third kappa shape index (κ3) is 4.16. The van der Waals surface area contributed by atoms with Crippen molar-refractivity contribution in [3.05, 3.63) is 23.8 Å². The maximum atomic E-state index is 11.7. The zero-order chi connectivity index (χ0) is 14.3. The number of carbonyl (C=O) groups is 1. The number of hydrogen-bond donors (Lipinski definition) is 2. The summed E-state index contributed by atoms with van der Waals surface area (Å²) < 4.78 is 0. The van der Waals surface area contributed by atoms with Crippen LogP contribution in [0.25, 0.3) is 0 Å². The highest BCUT2D eigenvalue weighted by Gasteiger charge is 2.11. The Morgan fingerprint density at radius 3 is 2.32 bits per heavy atom. The van der Waals surface area contributed by atoms with Crippen LogP contribution in [0, 0.1) is 0 Å². The largest absolute Gasteiger partial charge is 0.397 e. The zero-order valence-corrected chi connectivity index (χ0v) is 12.2. The number of carbonyl (C=O) groups excluding carboxylic acids is 1. The van der Waals surface area contributed by atoms with Gasteiger partial charge in [0, 0.05) is 25.2 Å². The fourth-order valence-corrected chi connectivity index (χ4v) is 2.14. The summed E-state index contributed by atoms with van der Waals surface area (Å²) in [5.41, 5.74) is 8.41. The maximum Gasteiger partial charge on any atom is 0.251 e. The van der Waals surface area contributed by atoms with Crippen molar-refractivity contribution >= 4 is 17.3 Å². The van der Waals surface area contributed by atoms with E-state index >= 15 is 0 Å². The average molecular weight is 263 g/mol. The molecule has 1 aromatic carbocycles. The van der Waals surface area contributed by atoms with Gasteiger partial charge in [-0.2, -0.15) is 0 Å².